The van der Waals surface area contributed by atoms with Gasteiger partial charge in [0, 0.05) is 11.1 Å². The van der Waals surface area contributed by atoms with Crippen LogP contribution in [0.5, 0.6) is 11.5 Å². The Morgan fingerprint density at radius 3 is 2.39 bits per heavy atom. The molecule has 1 aliphatic carbocycles. The monoisotopic (exact) mass is 249 g/mol. The van der Waals surface area contributed by atoms with Gasteiger partial charge in [0.25, 0.3) is 0 Å². The molecular weight excluding hydrogens is 226 g/mol. The van der Waals surface area contributed by atoms with Crippen LogP contribution in [-0.4, -0.2) is 17.8 Å². The second-order valence-corrected chi connectivity index (χ2v) is 6.47. The van der Waals surface area contributed by atoms with Crippen molar-refractivity contribution in [2.45, 2.75) is 51.0 Å². The van der Waals surface area contributed by atoms with Gasteiger partial charge >= 0.3 is 0 Å². The standard InChI is InChI=1S/C15H23NO2/c1-14(2,3)12-8-11(18-4)7-10(13(12)17)9-15(16)5-6-15/h7-8,17H,5-6,9,16H2,1-4H3. The maximum Gasteiger partial charge on any atom is 0.122 e. The third-order valence-electron chi connectivity index (χ3n) is 3.64. The fraction of sp³-hybridized carbons (Fsp3) is 0.600. The van der Waals surface area contributed by atoms with Crippen LogP contribution in [0.3, 0.4) is 0 Å². The van der Waals surface area contributed by atoms with Crippen LogP contribution < -0.4 is 10.5 Å². The first-order valence-electron chi connectivity index (χ1n) is 6.44. The van der Waals surface area contributed by atoms with Crippen molar-refractivity contribution >= 4 is 0 Å². The summed E-state index contributed by atoms with van der Waals surface area (Å²) < 4.78 is 5.33. The molecule has 0 heterocycles. The molecule has 18 heavy (non-hydrogen) atoms. The SMILES string of the molecule is COc1cc(CC2(N)CC2)c(O)c(C(C)(C)C)c1. The molecule has 0 amide bonds. The number of aromatic hydroxyl groups is 1. The first-order chi connectivity index (χ1) is 8.25. The van der Waals surface area contributed by atoms with Crippen molar-refractivity contribution in [1.29, 1.82) is 0 Å². The number of hydrogen-bond donors (Lipinski definition) is 2. The highest BCUT2D eigenvalue weighted by Crippen LogP contribution is 2.42. The molecule has 100 valence electrons. The van der Waals surface area contributed by atoms with Crippen molar-refractivity contribution in [3.63, 3.8) is 0 Å². The largest absolute Gasteiger partial charge is 0.507 e. The average Bonchev–Trinajstić information content (AvgIpc) is 2.97. The maximum atomic E-state index is 10.4. The van der Waals surface area contributed by atoms with Crippen molar-refractivity contribution in [3.05, 3.63) is 23.3 Å². The predicted molar refractivity (Wildman–Crippen MR) is 73.2 cm³/mol. The summed E-state index contributed by atoms with van der Waals surface area (Å²) in [5.41, 5.74) is 7.74. The minimum atomic E-state index is -0.112. The zero-order valence-electron chi connectivity index (χ0n) is 11.7. The Hall–Kier alpha value is -1.22. The molecule has 3 heteroatoms. The zero-order valence-corrected chi connectivity index (χ0v) is 11.7. The average molecular weight is 249 g/mol. The number of ether oxygens (including phenoxy) is 1. The lowest BCUT2D eigenvalue weighted by atomic mass is 9.84. The Morgan fingerprint density at radius 2 is 1.94 bits per heavy atom. The van der Waals surface area contributed by atoms with Crippen LogP contribution in [0, 0.1) is 0 Å². The first kappa shape index (κ1) is 13.2. The lowest BCUT2D eigenvalue weighted by Gasteiger charge is -2.24. The highest BCUT2D eigenvalue weighted by molar-refractivity contribution is 5.50. The number of methoxy groups -OCH3 is 1. The molecule has 3 N–H and O–H groups in total. The molecule has 0 aliphatic heterocycles. The molecule has 0 spiro atoms. The number of nitrogens with two attached hydrogens (primary N) is 1. The summed E-state index contributed by atoms with van der Waals surface area (Å²) in [7, 11) is 1.65. The van der Waals surface area contributed by atoms with Gasteiger partial charge in [0.15, 0.2) is 0 Å². The van der Waals surface area contributed by atoms with E-state index in [-0.39, 0.29) is 11.0 Å². The number of hydrogen-bond acceptors (Lipinski definition) is 3. The number of benzene rings is 1. The van der Waals surface area contributed by atoms with E-state index in [1.54, 1.807) is 7.11 Å². The highest BCUT2D eigenvalue weighted by atomic mass is 16.5. The Kier molecular flexibility index (Phi) is 3.06. The molecule has 0 saturated heterocycles. The molecule has 1 saturated carbocycles. The molecule has 0 atom stereocenters. The van der Waals surface area contributed by atoms with Crippen molar-refractivity contribution in [2.75, 3.05) is 7.11 Å². The van der Waals surface area contributed by atoms with E-state index in [9.17, 15) is 5.11 Å². The van der Waals surface area contributed by atoms with Gasteiger partial charge in [-0.15, -0.1) is 0 Å². The lowest BCUT2D eigenvalue weighted by molar-refractivity contribution is 0.401. The summed E-state index contributed by atoms with van der Waals surface area (Å²) in [6, 6.07) is 3.81. The van der Waals surface area contributed by atoms with E-state index in [0.29, 0.717) is 5.75 Å². The Labute approximate surface area is 109 Å². The predicted octanol–water partition coefficient (Wildman–Crippen LogP) is 2.73. The van der Waals surface area contributed by atoms with Gasteiger partial charge in [-0.05, 0) is 42.4 Å². The van der Waals surface area contributed by atoms with E-state index in [1.807, 2.05) is 12.1 Å². The minimum absolute atomic E-state index is 0.112. The Morgan fingerprint density at radius 1 is 1.33 bits per heavy atom. The molecule has 2 rings (SSSR count). The molecule has 1 aromatic carbocycles. The fourth-order valence-electron chi connectivity index (χ4n) is 2.21. The third-order valence-corrected chi connectivity index (χ3v) is 3.64. The van der Waals surface area contributed by atoms with Crippen molar-refractivity contribution in [3.8, 4) is 11.5 Å². The summed E-state index contributed by atoms with van der Waals surface area (Å²) in [5, 5.41) is 10.4. The van der Waals surface area contributed by atoms with E-state index < -0.39 is 0 Å². The van der Waals surface area contributed by atoms with Gasteiger partial charge in [0.2, 0.25) is 0 Å². The zero-order chi connectivity index (χ0) is 13.6. The molecule has 1 aliphatic rings. The summed E-state index contributed by atoms with van der Waals surface area (Å²) in [4.78, 5) is 0. The van der Waals surface area contributed by atoms with Crippen molar-refractivity contribution in [1.82, 2.24) is 0 Å². The Balaban J connectivity index is 2.44. The first-order valence-corrected chi connectivity index (χ1v) is 6.44. The quantitative estimate of drug-likeness (QED) is 0.866. The summed E-state index contributed by atoms with van der Waals surface area (Å²) in [6.07, 6.45) is 2.79. The summed E-state index contributed by atoms with van der Waals surface area (Å²) in [6.45, 7) is 6.25. The van der Waals surface area contributed by atoms with E-state index in [1.165, 1.54) is 0 Å². The van der Waals surface area contributed by atoms with Gasteiger partial charge in [0.1, 0.15) is 11.5 Å². The molecule has 0 bridgehead atoms. The second kappa shape index (κ2) is 4.16. The molecule has 1 fully saturated rings. The molecule has 0 unspecified atom stereocenters. The molecule has 0 aromatic heterocycles. The fourth-order valence-corrected chi connectivity index (χ4v) is 2.21. The van der Waals surface area contributed by atoms with Crippen LogP contribution in [0.4, 0.5) is 0 Å². The van der Waals surface area contributed by atoms with E-state index >= 15 is 0 Å². The number of phenols is 1. The molecule has 3 nitrogen and oxygen atoms in total. The van der Waals surface area contributed by atoms with Crippen LogP contribution in [0.1, 0.15) is 44.7 Å². The van der Waals surface area contributed by atoms with Crippen LogP contribution in [0.25, 0.3) is 0 Å². The van der Waals surface area contributed by atoms with Gasteiger partial charge in [0.05, 0.1) is 7.11 Å². The van der Waals surface area contributed by atoms with Crippen LogP contribution in [0.2, 0.25) is 0 Å². The van der Waals surface area contributed by atoms with Crippen LogP contribution >= 0.6 is 0 Å². The third kappa shape index (κ3) is 2.61. The van der Waals surface area contributed by atoms with Crippen molar-refractivity contribution in [2.24, 2.45) is 5.73 Å². The van der Waals surface area contributed by atoms with Gasteiger partial charge in [-0.25, -0.2) is 0 Å². The number of phenolic OH excluding ortho intramolecular Hbond substituents is 1. The second-order valence-electron chi connectivity index (χ2n) is 6.47. The normalized spacial score (nSPS) is 17.6. The van der Waals surface area contributed by atoms with E-state index in [2.05, 4.69) is 20.8 Å². The molecule has 1 aromatic rings. The topological polar surface area (TPSA) is 55.5 Å². The lowest BCUT2D eigenvalue weighted by Crippen LogP contribution is -2.25. The van der Waals surface area contributed by atoms with Gasteiger partial charge in [-0.1, -0.05) is 20.8 Å². The van der Waals surface area contributed by atoms with Gasteiger partial charge in [-0.2, -0.15) is 0 Å². The maximum absolute atomic E-state index is 10.4. The van der Waals surface area contributed by atoms with Crippen LogP contribution in [-0.2, 0) is 11.8 Å². The minimum Gasteiger partial charge on any atom is -0.507 e. The van der Waals surface area contributed by atoms with Gasteiger partial charge in [-0.3, -0.25) is 0 Å². The smallest absolute Gasteiger partial charge is 0.122 e. The summed E-state index contributed by atoms with van der Waals surface area (Å²) in [5.74, 6) is 1.16. The van der Waals surface area contributed by atoms with Crippen LogP contribution in [0.15, 0.2) is 12.1 Å². The number of rotatable bonds is 3. The molecular formula is C15H23NO2. The molecule has 0 radical (unpaired) electrons. The van der Waals surface area contributed by atoms with Crippen molar-refractivity contribution < 1.29 is 9.84 Å². The van der Waals surface area contributed by atoms with E-state index in [0.717, 1.165) is 36.1 Å². The highest BCUT2D eigenvalue weighted by Gasteiger charge is 2.39. The Bertz CT molecular complexity index is 456. The summed E-state index contributed by atoms with van der Waals surface area (Å²) >= 11 is 0. The van der Waals surface area contributed by atoms with E-state index in [4.69, 9.17) is 10.5 Å². The van der Waals surface area contributed by atoms with Gasteiger partial charge < -0.3 is 15.6 Å².